The number of aliphatic carboxylic acids is 1. The lowest BCUT2D eigenvalue weighted by Crippen LogP contribution is -2.20. The summed E-state index contributed by atoms with van der Waals surface area (Å²) in [5.74, 6) is -1.35. The molecule has 1 aromatic carbocycles. The molecule has 2 rings (SSSR count). The van der Waals surface area contributed by atoms with Crippen LogP contribution in [0.2, 0.25) is 0 Å². The lowest BCUT2D eigenvalue weighted by atomic mass is 10.1. The maximum Gasteiger partial charge on any atom is 0.307 e. The molecule has 0 heterocycles. The van der Waals surface area contributed by atoms with Crippen molar-refractivity contribution in [2.45, 2.75) is 29.4 Å². The van der Waals surface area contributed by atoms with Gasteiger partial charge < -0.3 is 5.11 Å². The Balaban J connectivity index is 2.10. The van der Waals surface area contributed by atoms with Crippen molar-refractivity contribution >= 4 is 17.7 Å². The number of carboxylic acids is 1. The van der Waals surface area contributed by atoms with E-state index in [4.69, 9.17) is 5.11 Å². The van der Waals surface area contributed by atoms with Crippen molar-refractivity contribution < 1.29 is 14.3 Å². The van der Waals surface area contributed by atoms with Gasteiger partial charge in [-0.05, 0) is 25.0 Å². The fourth-order valence-corrected chi connectivity index (χ4v) is 3.42. The average Bonchev–Trinajstić information content (AvgIpc) is 2.69. The number of hydrogen-bond donors (Lipinski definition) is 1. The third-order valence-electron chi connectivity index (χ3n) is 2.88. The number of benzene rings is 1. The van der Waals surface area contributed by atoms with Crippen molar-refractivity contribution in [1.82, 2.24) is 0 Å². The van der Waals surface area contributed by atoms with Crippen molar-refractivity contribution in [3.8, 4) is 0 Å². The van der Waals surface area contributed by atoms with Crippen LogP contribution in [0, 0.1) is 11.7 Å². The minimum atomic E-state index is -0.758. The van der Waals surface area contributed by atoms with Gasteiger partial charge in [0.2, 0.25) is 0 Å². The molecule has 0 amide bonds. The van der Waals surface area contributed by atoms with Gasteiger partial charge in [0.25, 0.3) is 0 Å². The number of carboxylic acid groups (broad SMARTS) is 1. The van der Waals surface area contributed by atoms with Crippen LogP contribution in [0.1, 0.15) is 19.3 Å². The highest BCUT2D eigenvalue weighted by Gasteiger charge is 2.33. The molecule has 1 aliphatic rings. The Morgan fingerprint density at radius 1 is 1.38 bits per heavy atom. The molecule has 1 aromatic rings. The number of thioether (sulfide) groups is 1. The fourth-order valence-electron chi connectivity index (χ4n) is 2.05. The Labute approximate surface area is 97.9 Å². The van der Waals surface area contributed by atoms with Crippen LogP contribution < -0.4 is 0 Å². The van der Waals surface area contributed by atoms with Crippen molar-refractivity contribution in [2.24, 2.45) is 5.92 Å². The Bertz CT molecular complexity index is 394. The summed E-state index contributed by atoms with van der Waals surface area (Å²) in [4.78, 5) is 11.5. The van der Waals surface area contributed by atoms with E-state index >= 15 is 0 Å². The highest BCUT2D eigenvalue weighted by Crippen LogP contribution is 2.39. The van der Waals surface area contributed by atoms with Gasteiger partial charge in [0, 0.05) is 10.1 Å². The fraction of sp³-hybridized carbons (Fsp3) is 0.417. The molecule has 1 saturated carbocycles. The number of hydrogen-bond acceptors (Lipinski definition) is 2. The summed E-state index contributed by atoms with van der Waals surface area (Å²) in [5, 5.41) is 9.03. The molecular formula is C12H13FO2S. The summed E-state index contributed by atoms with van der Waals surface area (Å²) in [6.45, 7) is 0. The SMILES string of the molecule is O=C(O)C1CCCC1Sc1ccccc1F. The molecule has 0 spiro atoms. The Morgan fingerprint density at radius 2 is 2.12 bits per heavy atom. The molecular weight excluding hydrogens is 227 g/mol. The van der Waals surface area contributed by atoms with Gasteiger partial charge in [-0.2, -0.15) is 0 Å². The summed E-state index contributed by atoms with van der Waals surface area (Å²) >= 11 is 1.36. The van der Waals surface area contributed by atoms with Crippen LogP contribution in [0.4, 0.5) is 4.39 Å². The quantitative estimate of drug-likeness (QED) is 0.881. The molecule has 0 saturated heterocycles. The molecule has 0 aromatic heterocycles. The molecule has 0 radical (unpaired) electrons. The zero-order valence-electron chi connectivity index (χ0n) is 8.73. The Morgan fingerprint density at radius 3 is 2.81 bits per heavy atom. The first-order valence-corrected chi connectivity index (χ1v) is 6.20. The normalized spacial score (nSPS) is 24.6. The molecule has 86 valence electrons. The Hall–Kier alpha value is -1.03. The smallest absolute Gasteiger partial charge is 0.307 e. The molecule has 1 N–H and O–H groups in total. The van der Waals surface area contributed by atoms with Gasteiger partial charge in [0.05, 0.1) is 5.92 Å². The van der Waals surface area contributed by atoms with E-state index < -0.39 is 5.97 Å². The minimum absolute atomic E-state index is 0.00870. The van der Waals surface area contributed by atoms with Gasteiger partial charge in [0.1, 0.15) is 5.82 Å². The third kappa shape index (κ3) is 2.38. The first-order valence-electron chi connectivity index (χ1n) is 5.32. The van der Waals surface area contributed by atoms with Gasteiger partial charge in [-0.1, -0.05) is 18.6 Å². The molecule has 1 fully saturated rings. The predicted octanol–water partition coefficient (Wildman–Crippen LogP) is 3.17. The first kappa shape index (κ1) is 11.5. The van der Waals surface area contributed by atoms with E-state index in [2.05, 4.69) is 0 Å². The standard InChI is InChI=1S/C12H13FO2S/c13-9-5-1-2-6-11(9)16-10-7-3-4-8(10)12(14)15/h1-2,5-6,8,10H,3-4,7H2,(H,14,15). The second kappa shape index (κ2) is 4.87. The van der Waals surface area contributed by atoms with Gasteiger partial charge in [-0.25, -0.2) is 4.39 Å². The number of halogens is 1. The number of rotatable bonds is 3. The molecule has 0 aliphatic heterocycles. The maximum atomic E-state index is 13.4. The largest absolute Gasteiger partial charge is 0.481 e. The van der Waals surface area contributed by atoms with Crippen LogP contribution >= 0.6 is 11.8 Å². The third-order valence-corrected chi connectivity index (χ3v) is 4.34. The van der Waals surface area contributed by atoms with Gasteiger partial charge in [0.15, 0.2) is 0 Å². The predicted molar refractivity (Wildman–Crippen MR) is 61.0 cm³/mol. The van der Waals surface area contributed by atoms with E-state index in [0.29, 0.717) is 11.3 Å². The van der Waals surface area contributed by atoms with Crippen LogP contribution in [-0.4, -0.2) is 16.3 Å². The minimum Gasteiger partial charge on any atom is -0.481 e. The van der Waals surface area contributed by atoms with Crippen LogP contribution in [0.3, 0.4) is 0 Å². The van der Waals surface area contributed by atoms with E-state index in [1.165, 1.54) is 17.8 Å². The van der Waals surface area contributed by atoms with Crippen LogP contribution in [0.5, 0.6) is 0 Å². The van der Waals surface area contributed by atoms with E-state index in [1.807, 2.05) is 0 Å². The van der Waals surface area contributed by atoms with E-state index in [0.717, 1.165) is 12.8 Å². The monoisotopic (exact) mass is 240 g/mol. The zero-order valence-corrected chi connectivity index (χ0v) is 9.54. The molecule has 2 atom stereocenters. The molecule has 4 heteroatoms. The summed E-state index contributed by atoms with van der Waals surface area (Å²) in [7, 11) is 0. The average molecular weight is 240 g/mol. The van der Waals surface area contributed by atoms with Crippen molar-refractivity contribution in [3.63, 3.8) is 0 Å². The Kier molecular flexibility index (Phi) is 3.49. The van der Waals surface area contributed by atoms with Crippen LogP contribution in [0.25, 0.3) is 0 Å². The van der Waals surface area contributed by atoms with E-state index in [-0.39, 0.29) is 17.0 Å². The lowest BCUT2D eigenvalue weighted by molar-refractivity contribution is -0.141. The molecule has 0 bridgehead atoms. The van der Waals surface area contributed by atoms with Crippen molar-refractivity contribution in [2.75, 3.05) is 0 Å². The molecule has 16 heavy (non-hydrogen) atoms. The maximum absolute atomic E-state index is 13.4. The molecule has 2 unspecified atom stereocenters. The second-order valence-corrected chi connectivity index (χ2v) is 5.24. The van der Waals surface area contributed by atoms with Crippen molar-refractivity contribution in [1.29, 1.82) is 0 Å². The van der Waals surface area contributed by atoms with Crippen molar-refractivity contribution in [3.05, 3.63) is 30.1 Å². The molecule has 2 nitrogen and oxygen atoms in total. The zero-order chi connectivity index (χ0) is 11.5. The summed E-state index contributed by atoms with van der Waals surface area (Å²) in [5.41, 5.74) is 0. The first-order chi connectivity index (χ1) is 7.68. The second-order valence-electron chi connectivity index (χ2n) is 3.96. The highest BCUT2D eigenvalue weighted by atomic mass is 32.2. The summed E-state index contributed by atoms with van der Waals surface area (Å²) in [6, 6.07) is 6.53. The van der Waals surface area contributed by atoms with Gasteiger partial charge in [-0.3, -0.25) is 4.79 Å². The summed E-state index contributed by atoms with van der Waals surface area (Å²) in [6.07, 6.45) is 2.49. The van der Waals surface area contributed by atoms with E-state index in [9.17, 15) is 9.18 Å². The summed E-state index contributed by atoms with van der Waals surface area (Å²) < 4.78 is 13.4. The van der Waals surface area contributed by atoms with Gasteiger partial charge >= 0.3 is 5.97 Å². The van der Waals surface area contributed by atoms with Gasteiger partial charge in [-0.15, -0.1) is 11.8 Å². The van der Waals surface area contributed by atoms with E-state index in [1.54, 1.807) is 18.2 Å². The molecule has 1 aliphatic carbocycles. The number of carbonyl (C=O) groups is 1. The lowest BCUT2D eigenvalue weighted by Gasteiger charge is -2.15. The highest BCUT2D eigenvalue weighted by molar-refractivity contribution is 8.00. The topological polar surface area (TPSA) is 37.3 Å². The van der Waals surface area contributed by atoms with Crippen LogP contribution in [0.15, 0.2) is 29.2 Å². The van der Waals surface area contributed by atoms with Crippen LogP contribution in [-0.2, 0) is 4.79 Å².